The normalized spacial score (nSPS) is 27.5. The zero-order chi connectivity index (χ0) is 9.80. The minimum Gasteiger partial charge on any atom is -0.345 e. The molecule has 2 rings (SSSR count). The van der Waals surface area contributed by atoms with Gasteiger partial charge in [-0.05, 0) is 19.2 Å². The highest BCUT2D eigenvalue weighted by atomic mass is 16.7. The van der Waals surface area contributed by atoms with Crippen LogP contribution in [0.2, 0.25) is 0 Å². The average Bonchev–Trinajstić information content (AvgIpc) is 2.30. The molecule has 4 heteroatoms. The molecule has 0 saturated carbocycles. The van der Waals surface area contributed by atoms with Crippen molar-refractivity contribution in [3.05, 3.63) is 30.1 Å². The monoisotopic (exact) mass is 194 g/mol. The number of hydrogen-bond donors (Lipinski definition) is 1. The molecule has 2 heterocycles. The summed E-state index contributed by atoms with van der Waals surface area (Å²) in [7, 11) is 1.90. The molecule has 0 aliphatic carbocycles. The summed E-state index contributed by atoms with van der Waals surface area (Å²) in [6.07, 6.45) is 1.44. The van der Waals surface area contributed by atoms with Crippen molar-refractivity contribution in [3.63, 3.8) is 0 Å². The van der Waals surface area contributed by atoms with E-state index in [4.69, 9.17) is 9.47 Å². The van der Waals surface area contributed by atoms with Crippen LogP contribution in [0.4, 0.5) is 0 Å². The molecule has 0 aromatic carbocycles. The van der Waals surface area contributed by atoms with Crippen molar-refractivity contribution in [1.29, 1.82) is 0 Å². The maximum atomic E-state index is 5.52. The minimum absolute atomic E-state index is 0.287. The van der Waals surface area contributed by atoms with Crippen LogP contribution in [-0.4, -0.2) is 31.3 Å². The van der Waals surface area contributed by atoms with E-state index in [2.05, 4.69) is 10.3 Å². The molecule has 14 heavy (non-hydrogen) atoms. The van der Waals surface area contributed by atoms with Gasteiger partial charge >= 0.3 is 0 Å². The molecule has 1 fully saturated rings. The Bertz CT molecular complexity index is 271. The third kappa shape index (κ3) is 2.09. The Morgan fingerprint density at radius 2 is 2.14 bits per heavy atom. The maximum absolute atomic E-state index is 5.52. The molecule has 1 aromatic heterocycles. The van der Waals surface area contributed by atoms with Crippen LogP contribution in [0.1, 0.15) is 12.0 Å². The van der Waals surface area contributed by atoms with Crippen LogP contribution in [0.25, 0.3) is 0 Å². The molecule has 1 aromatic rings. The first-order valence-electron chi connectivity index (χ1n) is 4.71. The summed E-state index contributed by atoms with van der Waals surface area (Å²) in [6, 6.07) is 6.00. The SMILES string of the molecule is CNC1COC(c2ccccn2)OC1. The summed E-state index contributed by atoms with van der Waals surface area (Å²) in [5.74, 6) is 0. The van der Waals surface area contributed by atoms with Crippen LogP contribution in [0.5, 0.6) is 0 Å². The molecule has 0 unspecified atom stereocenters. The topological polar surface area (TPSA) is 43.4 Å². The Kier molecular flexibility index (Phi) is 3.08. The van der Waals surface area contributed by atoms with Gasteiger partial charge in [-0.2, -0.15) is 0 Å². The molecular weight excluding hydrogens is 180 g/mol. The Labute approximate surface area is 83.2 Å². The number of likely N-dealkylation sites (N-methyl/N-ethyl adjacent to an activating group) is 1. The van der Waals surface area contributed by atoms with Crippen LogP contribution in [0.15, 0.2) is 24.4 Å². The van der Waals surface area contributed by atoms with Crippen LogP contribution in [0.3, 0.4) is 0 Å². The van der Waals surface area contributed by atoms with Gasteiger partial charge in [-0.25, -0.2) is 0 Å². The van der Waals surface area contributed by atoms with Crippen molar-refractivity contribution in [1.82, 2.24) is 10.3 Å². The van der Waals surface area contributed by atoms with Crippen molar-refractivity contribution in [3.8, 4) is 0 Å². The van der Waals surface area contributed by atoms with Crippen molar-refractivity contribution in [2.24, 2.45) is 0 Å². The van der Waals surface area contributed by atoms with Gasteiger partial charge in [-0.3, -0.25) is 4.98 Å². The predicted molar refractivity (Wildman–Crippen MR) is 51.7 cm³/mol. The molecule has 0 bridgehead atoms. The third-order valence-corrected chi connectivity index (χ3v) is 2.24. The van der Waals surface area contributed by atoms with Gasteiger partial charge in [0.05, 0.1) is 24.9 Å². The number of pyridine rings is 1. The zero-order valence-corrected chi connectivity index (χ0v) is 8.14. The number of rotatable bonds is 2. The van der Waals surface area contributed by atoms with Crippen LogP contribution < -0.4 is 5.32 Å². The predicted octanol–water partition coefficient (Wildman–Crippen LogP) is 0.715. The minimum atomic E-state index is -0.305. The lowest BCUT2D eigenvalue weighted by atomic mass is 10.3. The van der Waals surface area contributed by atoms with E-state index in [1.807, 2.05) is 25.2 Å². The highest BCUT2D eigenvalue weighted by Crippen LogP contribution is 2.20. The summed E-state index contributed by atoms with van der Waals surface area (Å²) in [4.78, 5) is 4.18. The van der Waals surface area contributed by atoms with Crippen molar-refractivity contribution in [2.75, 3.05) is 20.3 Å². The summed E-state index contributed by atoms with van der Waals surface area (Å²) in [6.45, 7) is 1.33. The quantitative estimate of drug-likeness (QED) is 0.753. The van der Waals surface area contributed by atoms with Crippen molar-refractivity contribution < 1.29 is 9.47 Å². The van der Waals surface area contributed by atoms with E-state index in [9.17, 15) is 0 Å². The molecule has 0 radical (unpaired) electrons. The van der Waals surface area contributed by atoms with Crippen LogP contribution in [0, 0.1) is 0 Å². The van der Waals surface area contributed by atoms with Gasteiger partial charge in [0.15, 0.2) is 0 Å². The first kappa shape index (κ1) is 9.58. The Balaban J connectivity index is 1.96. The largest absolute Gasteiger partial charge is 0.345 e. The second-order valence-corrected chi connectivity index (χ2v) is 3.24. The highest BCUT2D eigenvalue weighted by molar-refractivity contribution is 5.05. The smallest absolute Gasteiger partial charge is 0.201 e. The zero-order valence-electron chi connectivity index (χ0n) is 8.14. The number of nitrogens with zero attached hydrogens (tertiary/aromatic N) is 1. The molecule has 1 N–H and O–H groups in total. The maximum Gasteiger partial charge on any atom is 0.201 e. The van der Waals surface area contributed by atoms with E-state index in [0.717, 1.165) is 5.69 Å². The molecule has 0 spiro atoms. The van der Waals surface area contributed by atoms with Gasteiger partial charge in [0.1, 0.15) is 0 Å². The van der Waals surface area contributed by atoms with Gasteiger partial charge in [0.25, 0.3) is 0 Å². The van der Waals surface area contributed by atoms with Gasteiger partial charge < -0.3 is 14.8 Å². The fourth-order valence-electron chi connectivity index (χ4n) is 1.36. The van der Waals surface area contributed by atoms with Crippen molar-refractivity contribution >= 4 is 0 Å². The van der Waals surface area contributed by atoms with E-state index in [1.165, 1.54) is 0 Å². The summed E-state index contributed by atoms with van der Waals surface area (Å²) >= 11 is 0. The van der Waals surface area contributed by atoms with E-state index < -0.39 is 0 Å². The highest BCUT2D eigenvalue weighted by Gasteiger charge is 2.22. The lowest BCUT2D eigenvalue weighted by Crippen LogP contribution is -2.40. The fraction of sp³-hybridized carbons (Fsp3) is 0.500. The Hall–Kier alpha value is -0.970. The second-order valence-electron chi connectivity index (χ2n) is 3.24. The van der Waals surface area contributed by atoms with Gasteiger partial charge in [0.2, 0.25) is 6.29 Å². The molecule has 1 aliphatic heterocycles. The van der Waals surface area contributed by atoms with Gasteiger partial charge in [-0.1, -0.05) is 6.07 Å². The molecule has 0 atom stereocenters. The third-order valence-electron chi connectivity index (χ3n) is 2.24. The Morgan fingerprint density at radius 3 is 2.71 bits per heavy atom. The first-order chi connectivity index (χ1) is 6.90. The molecule has 1 saturated heterocycles. The molecular formula is C10H14N2O2. The fourth-order valence-corrected chi connectivity index (χ4v) is 1.36. The van der Waals surface area contributed by atoms with E-state index in [1.54, 1.807) is 6.20 Å². The lowest BCUT2D eigenvalue weighted by molar-refractivity contribution is -0.195. The van der Waals surface area contributed by atoms with E-state index in [0.29, 0.717) is 13.2 Å². The van der Waals surface area contributed by atoms with Gasteiger partial charge in [0, 0.05) is 6.20 Å². The number of hydrogen-bond acceptors (Lipinski definition) is 4. The van der Waals surface area contributed by atoms with E-state index in [-0.39, 0.29) is 12.3 Å². The van der Waals surface area contributed by atoms with Crippen molar-refractivity contribution in [2.45, 2.75) is 12.3 Å². The van der Waals surface area contributed by atoms with Gasteiger partial charge in [-0.15, -0.1) is 0 Å². The van der Waals surface area contributed by atoms with Crippen LogP contribution in [-0.2, 0) is 9.47 Å². The summed E-state index contributed by atoms with van der Waals surface area (Å²) in [5, 5.41) is 3.11. The lowest BCUT2D eigenvalue weighted by Gasteiger charge is -2.28. The molecule has 0 amide bonds. The number of ether oxygens (including phenoxy) is 2. The molecule has 76 valence electrons. The Morgan fingerprint density at radius 1 is 1.36 bits per heavy atom. The molecule has 1 aliphatic rings. The second kappa shape index (κ2) is 4.50. The summed E-state index contributed by atoms with van der Waals surface area (Å²) in [5.41, 5.74) is 0.835. The van der Waals surface area contributed by atoms with E-state index >= 15 is 0 Å². The molecule has 4 nitrogen and oxygen atoms in total. The summed E-state index contributed by atoms with van der Waals surface area (Å²) < 4.78 is 11.0. The number of aromatic nitrogens is 1. The first-order valence-corrected chi connectivity index (χ1v) is 4.71. The number of nitrogens with one attached hydrogen (secondary N) is 1. The average molecular weight is 194 g/mol. The standard InChI is InChI=1S/C10H14N2O2/c1-11-8-6-13-10(14-7-8)9-4-2-3-5-12-9/h2-5,8,10-11H,6-7H2,1H3. The van der Waals surface area contributed by atoms with Crippen LogP contribution >= 0.6 is 0 Å².